The number of nitrogens with two attached hydrogens (primary N) is 1. The Balaban J connectivity index is 2.03. The third kappa shape index (κ3) is 4.38. The van der Waals surface area contributed by atoms with Crippen LogP contribution in [0.1, 0.15) is 12.1 Å². The van der Waals surface area contributed by atoms with Crippen LogP contribution in [0.5, 0.6) is 11.5 Å². The Kier molecular flexibility index (Phi) is 6.09. The van der Waals surface area contributed by atoms with Gasteiger partial charge in [-0.25, -0.2) is 4.98 Å². The molecule has 1 aromatic carbocycles. The van der Waals surface area contributed by atoms with Crippen molar-refractivity contribution in [2.24, 2.45) is 5.73 Å². The summed E-state index contributed by atoms with van der Waals surface area (Å²) < 4.78 is 10.5. The van der Waals surface area contributed by atoms with E-state index in [0.29, 0.717) is 17.9 Å². The predicted molar refractivity (Wildman–Crippen MR) is 90.6 cm³/mol. The molecule has 1 aromatic heterocycles. The van der Waals surface area contributed by atoms with Crippen LogP contribution in [0, 0.1) is 0 Å². The molecule has 0 aliphatic carbocycles. The number of primary amides is 1. The van der Waals surface area contributed by atoms with Crippen LogP contribution in [0.25, 0.3) is 10.6 Å². The third-order valence-corrected chi connectivity index (χ3v) is 4.86. The van der Waals surface area contributed by atoms with Crippen molar-refractivity contribution in [2.75, 3.05) is 20.0 Å². The van der Waals surface area contributed by atoms with Crippen LogP contribution in [-0.2, 0) is 10.5 Å². The highest BCUT2D eigenvalue weighted by Gasteiger charge is 2.09. The van der Waals surface area contributed by atoms with Gasteiger partial charge < -0.3 is 15.2 Å². The molecule has 0 atom stereocenters. The van der Waals surface area contributed by atoms with Crippen molar-refractivity contribution in [3.8, 4) is 22.1 Å². The van der Waals surface area contributed by atoms with Gasteiger partial charge in [0.15, 0.2) is 11.5 Å². The summed E-state index contributed by atoms with van der Waals surface area (Å²) in [5, 5.41) is 2.97. The van der Waals surface area contributed by atoms with Crippen molar-refractivity contribution in [3.05, 3.63) is 29.3 Å². The van der Waals surface area contributed by atoms with E-state index < -0.39 is 0 Å². The number of nitrogens with zero attached hydrogens (tertiary/aromatic N) is 1. The quantitative estimate of drug-likeness (QED) is 0.749. The number of hydrogen-bond acceptors (Lipinski definition) is 6. The Morgan fingerprint density at radius 2 is 2.09 bits per heavy atom. The van der Waals surface area contributed by atoms with E-state index in [1.807, 2.05) is 23.6 Å². The van der Waals surface area contributed by atoms with Crippen LogP contribution in [0.2, 0.25) is 0 Å². The van der Waals surface area contributed by atoms with Gasteiger partial charge in [-0.1, -0.05) is 0 Å². The van der Waals surface area contributed by atoms with Gasteiger partial charge in [0.2, 0.25) is 5.91 Å². The van der Waals surface area contributed by atoms with Crippen LogP contribution in [-0.4, -0.2) is 30.9 Å². The zero-order valence-electron chi connectivity index (χ0n) is 12.5. The number of methoxy groups -OCH3 is 2. The highest BCUT2D eigenvalue weighted by atomic mass is 32.2. The Morgan fingerprint density at radius 1 is 1.32 bits per heavy atom. The number of amides is 1. The summed E-state index contributed by atoms with van der Waals surface area (Å²) in [5.41, 5.74) is 7.12. The molecule has 0 aliphatic heterocycles. The lowest BCUT2D eigenvalue weighted by molar-refractivity contribution is -0.117. The summed E-state index contributed by atoms with van der Waals surface area (Å²) in [6.45, 7) is 0. The van der Waals surface area contributed by atoms with E-state index >= 15 is 0 Å². The van der Waals surface area contributed by atoms with Crippen LogP contribution in [0.3, 0.4) is 0 Å². The first-order valence-corrected chi connectivity index (χ1v) is 8.70. The van der Waals surface area contributed by atoms with Gasteiger partial charge in [-0.3, -0.25) is 4.79 Å². The largest absolute Gasteiger partial charge is 0.493 e. The van der Waals surface area contributed by atoms with Crippen LogP contribution in [0.15, 0.2) is 23.6 Å². The smallest absolute Gasteiger partial charge is 0.218 e. The number of carbonyl (C=O) groups is 1. The Labute approximate surface area is 137 Å². The first-order chi connectivity index (χ1) is 10.6. The molecule has 5 nitrogen and oxygen atoms in total. The standard InChI is InChI=1S/C15H18N2O3S2/c1-19-12-4-3-10(7-13(12)20-2)15-17-11(9-22-15)8-21-6-5-14(16)18/h3-4,7,9H,5-6,8H2,1-2H3,(H2,16,18). The van der Waals surface area contributed by atoms with Crippen molar-refractivity contribution >= 4 is 29.0 Å². The van der Waals surface area contributed by atoms with E-state index in [-0.39, 0.29) is 5.91 Å². The molecular formula is C15H18N2O3S2. The minimum atomic E-state index is -0.267. The molecule has 0 bridgehead atoms. The topological polar surface area (TPSA) is 74.4 Å². The minimum Gasteiger partial charge on any atom is -0.493 e. The number of aromatic nitrogens is 1. The lowest BCUT2D eigenvalue weighted by Crippen LogP contribution is -2.10. The van der Waals surface area contributed by atoms with E-state index in [9.17, 15) is 4.79 Å². The molecule has 1 amide bonds. The molecule has 2 rings (SSSR count). The number of thioether (sulfide) groups is 1. The fourth-order valence-electron chi connectivity index (χ4n) is 1.82. The predicted octanol–water partition coefficient (Wildman–Crippen LogP) is 2.94. The molecule has 2 N–H and O–H groups in total. The normalized spacial score (nSPS) is 10.5. The summed E-state index contributed by atoms with van der Waals surface area (Å²) >= 11 is 3.24. The molecule has 7 heteroatoms. The summed E-state index contributed by atoms with van der Waals surface area (Å²) in [6, 6.07) is 5.75. The Hall–Kier alpha value is -1.73. The summed E-state index contributed by atoms with van der Waals surface area (Å²) in [7, 11) is 3.23. The Morgan fingerprint density at radius 3 is 2.77 bits per heavy atom. The maximum atomic E-state index is 10.7. The number of rotatable bonds is 8. The fraction of sp³-hybridized carbons (Fsp3) is 0.333. The van der Waals surface area contributed by atoms with Crippen molar-refractivity contribution < 1.29 is 14.3 Å². The second kappa shape index (κ2) is 8.05. The molecule has 0 spiro atoms. The molecule has 0 fully saturated rings. The van der Waals surface area contributed by atoms with Gasteiger partial charge in [0.1, 0.15) is 5.01 Å². The maximum Gasteiger partial charge on any atom is 0.218 e. The number of hydrogen-bond donors (Lipinski definition) is 1. The Bertz CT molecular complexity index is 643. The van der Waals surface area contributed by atoms with Crippen LogP contribution < -0.4 is 15.2 Å². The van der Waals surface area contributed by atoms with E-state index in [0.717, 1.165) is 27.8 Å². The van der Waals surface area contributed by atoms with Gasteiger partial charge in [-0.15, -0.1) is 11.3 Å². The highest BCUT2D eigenvalue weighted by Crippen LogP contribution is 2.33. The zero-order chi connectivity index (χ0) is 15.9. The maximum absolute atomic E-state index is 10.7. The van der Waals surface area contributed by atoms with E-state index in [4.69, 9.17) is 15.2 Å². The van der Waals surface area contributed by atoms with E-state index in [1.54, 1.807) is 37.3 Å². The monoisotopic (exact) mass is 338 g/mol. The minimum absolute atomic E-state index is 0.267. The molecule has 0 aliphatic rings. The van der Waals surface area contributed by atoms with Gasteiger partial charge in [0.25, 0.3) is 0 Å². The molecule has 0 radical (unpaired) electrons. The first-order valence-electron chi connectivity index (χ1n) is 6.67. The zero-order valence-corrected chi connectivity index (χ0v) is 14.1. The van der Waals surface area contributed by atoms with E-state index in [2.05, 4.69) is 4.98 Å². The fourth-order valence-corrected chi connectivity index (χ4v) is 3.59. The van der Waals surface area contributed by atoms with Crippen molar-refractivity contribution in [1.29, 1.82) is 0 Å². The lowest BCUT2D eigenvalue weighted by atomic mass is 10.2. The molecule has 118 valence electrons. The number of thiazole rings is 1. The molecule has 22 heavy (non-hydrogen) atoms. The second-order valence-corrected chi connectivity index (χ2v) is 6.45. The van der Waals surface area contributed by atoms with E-state index in [1.165, 1.54) is 0 Å². The second-order valence-electron chi connectivity index (χ2n) is 4.48. The molecule has 0 saturated heterocycles. The summed E-state index contributed by atoms with van der Waals surface area (Å²) in [4.78, 5) is 15.3. The van der Waals surface area contributed by atoms with Crippen LogP contribution >= 0.6 is 23.1 Å². The van der Waals surface area contributed by atoms with Crippen molar-refractivity contribution in [1.82, 2.24) is 4.98 Å². The van der Waals surface area contributed by atoms with Crippen molar-refractivity contribution in [3.63, 3.8) is 0 Å². The highest BCUT2D eigenvalue weighted by molar-refractivity contribution is 7.98. The molecule has 1 heterocycles. The van der Waals surface area contributed by atoms with Gasteiger partial charge in [-0.2, -0.15) is 11.8 Å². The average Bonchev–Trinajstić information content (AvgIpc) is 2.99. The number of benzene rings is 1. The van der Waals surface area contributed by atoms with Crippen LogP contribution in [0.4, 0.5) is 0 Å². The average molecular weight is 338 g/mol. The van der Waals surface area contributed by atoms with Gasteiger partial charge in [0.05, 0.1) is 19.9 Å². The molecule has 0 saturated carbocycles. The SMILES string of the molecule is COc1ccc(-c2nc(CSCCC(N)=O)cs2)cc1OC. The number of carbonyl (C=O) groups excluding carboxylic acids is 1. The first kappa shape index (κ1) is 16.6. The molecule has 2 aromatic rings. The van der Waals surface area contributed by atoms with Gasteiger partial charge in [-0.05, 0) is 18.2 Å². The summed E-state index contributed by atoms with van der Waals surface area (Å²) in [5.74, 6) is 2.62. The van der Waals surface area contributed by atoms with Crippen molar-refractivity contribution in [2.45, 2.75) is 12.2 Å². The molecular weight excluding hydrogens is 320 g/mol. The summed E-state index contributed by atoms with van der Waals surface area (Å²) in [6.07, 6.45) is 0.400. The third-order valence-electron chi connectivity index (χ3n) is 2.92. The molecule has 0 unspecified atom stereocenters. The lowest BCUT2D eigenvalue weighted by Gasteiger charge is -2.08. The number of ether oxygens (including phenoxy) is 2. The van der Waals surface area contributed by atoms with Gasteiger partial charge in [0, 0.05) is 28.9 Å². The van der Waals surface area contributed by atoms with Gasteiger partial charge >= 0.3 is 0 Å².